The Bertz CT molecular complexity index is 1300. The largest absolute Gasteiger partial charge is 0.493 e. The van der Waals surface area contributed by atoms with Crippen LogP contribution in [-0.4, -0.2) is 25.8 Å². The Hall–Kier alpha value is -3.63. The molecular weight excluding hydrogens is 470 g/mol. The van der Waals surface area contributed by atoms with Crippen molar-refractivity contribution in [1.82, 2.24) is 0 Å². The van der Waals surface area contributed by atoms with Crippen LogP contribution in [0, 0.1) is 22.7 Å². The molecule has 1 aliphatic carbocycles. The Balaban J connectivity index is 1.45. The highest BCUT2D eigenvalue weighted by Gasteiger charge is 2.32. The number of rotatable bonds is 7. The van der Waals surface area contributed by atoms with E-state index in [-0.39, 0.29) is 17.9 Å². The van der Waals surface area contributed by atoms with Gasteiger partial charge < -0.3 is 14.8 Å². The van der Waals surface area contributed by atoms with Crippen molar-refractivity contribution in [3.8, 4) is 17.6 Å². The van der Waals surface area contributed by atoms with E-state index < -0.39 is 0 Å². The smallest absolute Gasteiger partial charge is 0.262 e. The first-order valence-electron chi connectivity index (χ1n) is 12.0. The van der Waals surface area contributed by atoms with Crippen LogP contribution in [0.3, 0.4) is 0 Å². The summed E-state index contributed by atoms with van der Waals surface area (Å²) in [4.78, 5) is 18.2. The fraction of sp³-hybridized carbons (Fsp3) is 0.345. The van der Waals surface area contributed by atoms with E-state index in [2.05, 4.69) is 37.1 Å². The Kier molecular flexibility index (Phi) is 7.76. The van der Waals surface area contributed by atoms with Crippen LogP contribution in [0.1, 0.15) is 48.8 Å². The van der Waals surface area contributed by atoms with Crippen LogP contribution in [0.4, 0.5) is 10.7 Å². The number of nitriles is 1. The molecule has 3 aromatic rings. The van der Waals surface area contributed by atoms with Crippen molar-refractivity contribution < 1.29 is 14.3 Å². The van der Waals surface area contributed by atoms with Crippen molar-refractivity contribution >= 4 is 34.1 Å². The molecule has 1 aliphatic rings. The lowest BCUT2D eigenvalue weighted by atomic mass is 9.72. The fourth-order valence-electron chi connectivity index (χ4n) is 4.40. The first-order valence-corrected chi connectivity index (χ1v) is 12.8. The number of para-hydroxylation sites is 1. The predicted molar refractivity (Wildman–Crippen MR) is 145 cm³/mol. The lowest BCUT2D eigenvalue weighted by Crippen LogP contribution is -2.26. The number of nitrogens with one attached hydrogen (secondary N) is 1. The SMILES string of the molecule is COc1cc(C=Nc2sc3c(c2C#N)CC[C@@H](C(C)(C)C)C3)ccc1OCC(=O)Nc1ccccc1. The standard InChI is InChI=1S/C29H31N3O3S/c1-29(2,3)20-11-12-22-23(16-30)28(36-26(22)15-20)31-17-19-10-13-24(25(14-19)34-4)35-18-27(33)32-21-8-6-5-7-9-21/h5-10,13-14,17,20H,11-12,15,18H2,1-4H3,(H,32,33)/t20-/m1/s1. The summed E-state index contributed by atoms with van der Waals surface area (Å²) in [6, 6.07) is 17.0. The third-order valence-electron chi connectivity index (χ3n) is 6.52. The van der Waals surface area contributed by atoms with Crippen molar-refractivity contribution in [1.29, 1.82) is 5.26 Å². The van der Waals surface area contributed by atoms with Crippen LogP contribution in [0.2, 0.25) is 0 Å². The van der Waals surface area contributed by atoms with E-state index in [4.69, 9.17) is 9.47 Å². The van der Waals surface area contributed by atoms with E-state index in [0.717, 1.165) is 29.8 Å². The highest BCUT2D eigenvalue weighted by atomic mass is 32.1. The maximum Gasteiger partial charge on any atom is 0.262 e. The molecule has 6 nitrogen and oxygen atoms in total. The van der Waals surface area contributed by atoms with E-state index in [1.807, 2.05) is 42.5 Å². The summed E-state index contributed by atoms with van der Waals surface area (Å²) in [6.07, 6.45) is 4.79. The molecule has 0 unspecified atom stereocenters. The topological polar surface area (TPSA) is 83.7 Å². The molecule has 0 bridgehead atoms. The monoisotopic (exact) mass is 501 g/mol. The molecule has 1 amide bonds. The molecule has 0 aliphatic heterocycles. The van der Waals surface area contributed by atoms with Gasteiger partial charge in [-0.3, -0.25) is 4.79 Å². The highest BCUT2D eigenvalue weighted by Crippen LogP contribution is 2.45. The molecule has 0 fully saturated rings. The maximum absolute atomic E-state index is 12.2. The molecule has 2 aromatic carbocycles. The van der Waals surface area contributed by atoms with Crippen LogP contribution >= 0.6 is 11.3 Å². The van der Waals surface area contributed by atoms with Crippen LogP contribution in [0.5, 0.6) is 11.5 Å². The Morgan fingerprint density at radius 1 is 1.22 bits per heavy atom. The summed E-state index contributed by atoms with van der Waals surface area (Å²) < 4.78 is 11.2. The van der Waals surface area contributed by atoms with E-state index in [1.165, 1.54) is 10.4 Å². The molecule has 0 radical (unpaired) electrons. The second-order valence-corrected chi connectivity index (χ2v) is 11.1. The number of thiophene rings is 1. The Morgan fingerprint density at radius 3 is 2.69 bits per heavy atom. The average Bonchev–Trinajstić information content (AvgIpc) is 3.23. The number of methoxy groups -OCH3 is 1. The van der Waals surface area contributed by atoms with Crippen LogP contribution in [0.15, 0.2) is 53.5 Å². The normalized spacial score (nSPS) is 15.2. The van der Waals surface area contributed by atoms with Crippen molar-refractivity contribution in [3.63, 3.8) is 0 Å². The van der Waals surface area contributed by atoms with Gasteiger partial charge in [0.1, 0.15) is 11.1 Å². The first kappa shape index (κ1) is 25.5. The highest BCUT2D eigenvalue weighted by molar-refractivity contribution is 7.16. The van der Waals surface area contributed by atoms with Gasteiger partial charge in [0.15, 0.2) is 18.1 Å². The second kappa shape index (κ2) is 11.0. The number of carbonyl (C=O) groups is 1. The van der Waals surface area contributed by atoms with E-state index >= 15 is 0 Å². The summed E-state index contributed by atoms with van der Waals surface area (Å²) in [5.74, 6) is 1.33. The third kappa shape index (κ3) is 5.95. The minimum Gasteiger partial charge on any atom is -0.493 e. The molecule has 4 rings (SSSR count). The number of ether oxygens (including phenoxy) is 2. The van der Waals surface area contributed by atoms with Gasteiger partial charge in [-0.05, 0) is 72.1 Å². The number of fused-ring (bicyclic) bond motifs is 1. The molecule has 1 N–H and O–H groups in total. The zero-order valence-electron chi connectivity index (χ0n) is 21.1. The molecule has 1 heterocycles. The summed E-state index contributed by atoms with van der Waals surface area (Å²) in [7, 11) is 1.56. The zero-order valence-corrected chi connectivity index (χ0v) is 21.9. The third-order valence-corrected chi connectivity index (χ3v) is 7.68. The van der Waals surface area contributed by atoms with Crippen molar-refractivity contribution in [3.05, 3.63) is 70.1 Å². The molecule has 0 saturated carbocycles. The lowest BCUT2D eigenvalue weighted by Gasteiger charge is -2.33. The molecule has 0 spiro atoms. The molecular formula is C29H31N3O3S. The number of carbonyl (C=O) groups excluding carboxylic acids is 1. The van der Waals surface area contributed by atoms with Gasteiger partial charge in [-0.15, -0.1) is 11.3 Å². The first-order chi connectivity index (χ1) is 17.3. The van der Waals surface area contributed by atoms with Crippen LogP contribution < -0.4 is 14.8 Å². The summed E-state index contributed by atoms with van der Waals surface area (Å²) in [5, 5.41) is 13.4. The maximum atomic E-state index is 12.2. The molecule has 0 saturated heterocycles. The number of hydrogen-bond acceptors (Lipinski definition) is 6. The average molecular weight is 502 g/mol. The van der Waals surface area contributed by atoms with Crippen molar-refractivity contribution in [2.75, 3.05) is 19.0 Å². The van der Waals surface area contributed by atoms with Crippen molar-refractivity contribution in [2.45, 2.75) is 40.0 Å². The number of hydrogen-bond donors (Lipinski definition) is 1. The van der Waals surface area contributed by atoms with Gasteiger partial charge in [0.05, 0.1) is 12.7 Å². The second-order valence-electron chi connectivity index (χ2n) is 9.97. The predicted octanol–water partition coefficient (Wildman–Crippen LogP) is 6.55. The van der Waals surface area contributed by atoms with Crippen molar-refractivity contribution in [2.24, 2.45) is 16.3 Å². The molecule has 1 atom stereocenters. The number of aliphatic imine (C=N–C) groups is 1. The Morgan fingerprint density at radius 2 is 2.00 bits per heavy atom. The van der Waals surface area contributed by atoms with E-state index in [9.17, 15) is 10.1 Å². The fourth-order valence-corrected chi connectivity index (χ4v) is 5.62. The van der Waals surface area contributed by atoms with Crippen LogP contribution in [-0.2, 0) is 17.6 Å². The molecule has 36 heavy (non-hydrogen) atoms. The number of benzene rings is 2. The zero-order chi connectivity index (χ0) is 25.7. The Labute approximate surface area is 216 Å². The minimum absolute atomic E-state index is 0.138. The number of nitrogens with zero attached hydrogens (tertiary/aromatic N) is 2. The van der Waals surface area contributed by atoms with Gasteiger partial charge in [-0.1, -0.05) is 39.0 Å². The number of amides is 1. The molecule has 1 aromatic heterocycles. The van der Waals surface area contributed by atoms with Gasteiger partial charge in [0.25, 0.3) is 5.91 Å². The minimum atomic E-state index is -0.256. The summed E-state index contributed by atoms with van der Waals surface area (Å²) in [6.45, 7) is 6.73. The quantitative estimate of drug-likeness (QED) is 0.372. The lowest BCUT2D eigenvalue weighted by molar-refractivity contribution is -0.118. The summed E-state index contributed by atoms with van der Waals surface area (Å²) >= 11 is 1.63. The van der Waals surface area contributed by atoms with Gasteiger partial charge in [0.2, 0.25) is 0 Å². The molecule has 7 heteroatoms. The van der Waals surface area contributed by atoms with Gasteiger partial charge >= 0.3 is 0 Å². The van der Waals surface area contributed by atoms with E-state index in [1.54, 1.807) is 30.7 Å². The van der Waals surface area contributed by atoms with E-state index in [0.29, 0.717) is 28.7 Å². The summed E-state index contributed by atoms with van der Waals surface area (Å²) in [5.41, 5.74) is 3.65. The molecule has 186 valence electrons. The number of anilines is 1. The van der Waals surface area contributed by atoms with Gasteiger partial charge in [-0.25, -0.2) is 4.99 Å². The van der Waals surface area contributed by atoms with Gasteiger partial charge in [0, 0.05) is 16.8 Å². The van der Waals surface area contributed by atoms with Crippen LogP contribution in [0.25, 0.3) is 0 Å². The van der Waals surface area contributed by atoms with Gasteiger partial charge in [-0.2, -0.15) is 5.26 Å².